The van der Waals surface area contributed by atoms with Crippen LogP contribution in [0.3, 0.4) is 0 Å². The molecule has 0 saturated heterocycles. The van der Waals surface area contributed by atoms with Crippen LogP contribution in [0.5, 0.6) is 5.75 Å². The molecule has 1 aliphatic heterocycles. The molecule has 3 heterocycles. The Morgan fingerprint density at radius 3 is 2.53 bits per heavy atom. The molecule has 0 bridgehead atoms. The van der Waals surface area contributed by atoms with Crippen LogP contribution in [0.15, 0.2) is 81.2 Å². The van der Waals surface area contributed by atoms with E-state index in [1.54, 1.807) is 31.1 Å². The molecule has 2 aromatic heterocycles. The van der Waals surface area contributed by atoms with E-state index in [4.69, 9.17) is 9.15 Å². The Bertz CT molecular complexity index is 1360. The summed E-state index contributed by atoms with van der Waals surface area (Å²) in [7, 11) is 3.32. The number of aryl methyl sites for hydroxylation is 1. The van der Waals surface area contributed by atoms with Crippen LogP contribution in [0.2, 0.25) is 0 Å². The van der Waals surface area contributed by atoms with Gasteiger partial charge in [-0.1, -0.05) is 12.1 Å². The normalized spacial score (nSPS) is 15.9. The highest BCUT2D eigenvalue weighted by molar-refractivity contribution is 6.03. The van der Waals surface area contributed by atoms with Gasteiger partial charge in [0, 0.05) is 13.5 Å². The van der Waals surface area contributed by atoms with Crippen LogP contribution < -0.4 is 10.4 Å². The Labute approximate surface area is 183 Å². The fourth-order valence-corrected chi connectivity index (χ4v) is 4.12. The van der Waals surface area contributed by atoms with E-state index in [1.807, 2.05) is 54.6 Å². The van der Waals surface area contributed by atoms with Gasteiger partial charge >= 0.3 is 5.69 Å². The maximum Gasteiger partial charge on any atom is 0.329 e. The van der Waals surface area contributed by atoms with Gasteiger partial charge in [0.15, 0.2) is 0 Å². The number of furan rings is 1. The van der Waals surface area contributed by atoms with Gasteiger partial charge in [0.25, 0.3) is 5.91 Å². The second-order valence-electron chi connectivity index (χ2n) is 7.67. The Morgan fingerprint density at radius 1 is 1.09 bits per heavy atom. The quantitative estimate of drug-likeness (QED) is 0.486. The van der Waals surface area contributed by atoms with Crippen molar-refractivity contribution < 1.29 is 13.9 Å². The molecule has 1 amide bonds. The first kappa shape index (κ1) is 19.9. The number of benzene rings is 2. The molecular weight excluding hydrogens is 408 g/mol. The predicted octanol–water partition coefficient (Wildman–Crippen LogP) is 3.32. The Morgan fingerprint density at radius 2 is 1.84 bits per heavy atom. The number of hydrogen-bond donors (Lipinski definition) is 0. The number of imidazole rings is 1. The molecule has 0 aliphatic carbocycles. The lowest BCUT2D eigenvalue weighted by atomic mass is 10.0. The number of ether oxygens (including phenoxy) is 1. The average molecular weight is 430 g/mol. The van der Waals surface area contributed by atoms with Gasteiger partial charge in [-0.05, 0) is 54.1 Å². The molecule has 32 heavy (non-hydrogen) atoms. The summed E-state index contributed by atoms with van der Waals surface area (Å²) in [4.78, 5) is 26.2. The van der Waals surface area contributed by atoms with E-state index >= 15 is 0 Å². The van der Waals surface area contributed by atoms with Gasteiger partial charge in [0.1, 0.15) is 24.1 Å². The molecule has 1 atom stereocenters. The smallest absolute Gasteiger partial charge is 0.329 e. The topological polar surface area (TPSA) is 82.0 Å². The van der Waals surface area contributed by atoms with E-state index in [-0.39, 0.29) is 24.2 Å². The third-order valence-corrected chi connectivity index (χ3v) is 5.81. The van der Waals surface area contributed by atoms with Crippen molar-refractivity contribution in [1.82, 2.24) is 14.1 Å². The molecule has 162 valence electrons. The van der Waals surface area contributed by atoms with Gasteiger partial charge in [0.05, 0.1) is 30.1 Å². The monoisotopic (exact) mass is 430 g/mol. The van der Waals surface area contributed by atoms with Gasteiger partial charge in [-0.25, -0.2) is 9.80 Å². The average Bonchev–Trinajstić information content (AvgIpc) is 3.55. The van der Waals surface area contributed by atoms with Crippen molar-refractivity contribution in [3.8, 4) is 5.75 Å². The van der Waals surface area contributed by atoms with E-state index in [9.17, 15) is 9.59 Å². The zero-order valence-corrected chi connectivity index (χ0v) is 17.8. The number of fused-ring (bicyclic) bond motifs is 1. The number of hydrazone groups is 1. The van der Waals surface area contributed by atoms with Crippen molar-refractivity contribution >= 4 is 22.7 Å². The number of aromatic nitrogens is 2. The number of carbonyl (C=O) groups excluding carboxylic acids is 1. The molecule has 0 spiro atoms. The highest BCUT2D eigenvalue weighted by Gasteiger charge is 2.35. The van der Waals surface area contributed by atoms with Crippen LogP contribution in [0.25, 0.3) is 11.0 Å². The van der Waals surface area contributed by atoms with Crippen LogP contribution >= 0.6 is 0 Å². The number of hydrogen-bond acceptors (Lipinski definition) is 5. The largest absolute Gasteiger partial charge is 0.497 e. The van der Waals surface area contributed by atoms with Gasteiger partial charge in [-0.3, -0.25) is 13.9 Å². The van der Waals surface area contributed by atoms with E-state index in [1.165, 1.54) is 9.58 Å². The number of carbonyl (C=O) groups is 1. The van der Waals surface area contributed by atoms with Crippen molar-refractivity contribution in [2.24, 2.45) is 12.1 Å². The zero-order valence-electron chi connectivity index (χ0n) is 17.8. The molecule has 0 radical (unpaired) electrons. The second-order valence-corrected chi connectivity index (χ2v) is 7.67. The van der Waals surface area contributed by atoms with Crippen LogP contribution in [0, 0.1) is 0 Å². The molecule has 1 unspecified atom stereocenters. The third kappa shape index (κ3) is 3.30. The summed E-state index contributed by atoms with van der Waals surface area (Å²) in [5.41, 5.74) is 2.92. The minimum absolute atomic E-state index is 0.114. The molecule has 2 aromatic carbocycles. The molecule has 0 saturated carbocycles. The maximum atomic E-state index is 13.4. The third-order valence-electron chi connectivity index (χ3n) is 5.81. The lowest BCUT2D eigenvalue weighted by molar-refractivity contribution is -0.134. The van der Waals surface area contributed by atoms with E-state index in [2.05, 4.69) is 5.10 Å². The van der Waals surface area contributed by atoms with Crippen LogP contribution in [-0.2, 0) is 18.4 Å². The molecule has 5 rings (SSSR count). The number of amides is 1. The maximum absolute atomic E-state index is 13.4. The Kier molecular flexibility index (Phi) is 4.89. The van der Waals surface area contributed by atoms with Gasteiger partial charge in [-0.2, -0.15) is 5.10 Å². The Hall–Kier alpha value is -4.07. The fraction of sp³-hybridized carbons (Fsp3) is 0.208. The Balaban J connectivity index is 1.50. The van der Waals surface area contributed by atoms with Crippen molar-refractivity contribution in [3.63, 3.8) is 0 Å². The first-order valence-electron chi connectivity index (χ1n) is 10.3. The second kappa shape index (κ2) is 7.88. The highest BCUT2D eigenvalue weighted by atomic mass is 16.5. The van der Waals surface area contributed by atoms with Crippen LogP contribution in [-0.4, -0.2) is 32.9 Å². The molecule has 1 aliphatic rings. The molecule has 0 N–H and O–H groups in total. The van der Waals surface area contributed by atoms with Gasteiger partial charge in [0.2, 0.25) is 0 Å². The molecule has 8 heteroatoms. The van der Waals surface area contributed by atoms with E-state index in [0.717, 1.165) is 22.5 Å². The SMILES string of the molecule is COc1ccc(C2=NN(C(=O)Cn3c(=O)n(C)c4ccccc43)C(c3ccco3)C2)cc1. The van der Waals surface area contributed by atoms with Crippen molar-refractivity contribution in [1.29, 1.82) is 0 Å². The number of rotatable bonds is 5. The van der Waals surface area contributed by atoms with E-state index < -0.39 is 0 Å². The van der Waals surface area contributed by atoms with E-state index in [0.29, 0.717) is 17.7 Å². The molecule has 8 nitrogen and oxygen atoms in total. The molecular formula is C24H22N4O4. The summed E-state index contributed by atoms with van der Waals surface area (Å²) in [5, 5.41) is 6.08. The summed E-state index contributed by atoms with van der Waals surface area (Å²) >= 11 is 0. The van der Waals surface area contributed by atoms with Crippen LogP contribution in [0.4, 0.5) is 0 Å². The highest BCUT2D eigenvalue weighted by Crippen LogP contribution is 2.33. The van der Waals surface area contributed by atoms with Gasteiger partial charge in [-0.15, -0.1) is 0 Å². The first-order valence-corrected chi connectivity index (χ1v) is 10.3. The molecule has 4 aromatic rings. The number of methoxy groups -OCH3 is 1. The summed E-state index contributed by atoms with van der Waals surface area (Å²) in [5.74, 6) is 1.11. The van der Waals surface area contributed by atoms with Crippen LogP contribution in [0.1, 0.15) is 23.8 Å². The standard InChI is InChI=1S/C24H22N4O4/c1-26-19-6-3-4-7-20(19)27(24(26)30)15-23(29)28-21(22-8-5-13-32-22)14-18(25-28)16-9-11-17(31-2)12-10-16/h3-13,21H,14-15H2,1-2H3. The van der Waals surface area contributed by atoms with Crippen molar-refractivity contribution in [3.05, 3.63) is 88.7 Å². The predicted molar refractivity (Wildman–Crippen MR) is 120 cm³/mol. The lowest BCUT2D eigenvalue weighted by Gasteiger charge is -2.20. The van der Waals surface area contributed by atoms with Gasteiger partial charge < -0.3 is 9.15 Å². The minimum atomic E-state index is -0.375. The number of para-hydroxylation sites is 2. The fourth-order valence-electron chi connectivity index (χ4n) is 4.12. The summed E-state index contributed by atoms with van der Waals surface area (Å²) in [6, 6.07) is 18.2. The summed E-state index contributed by atoms with van der Waals surface area (Å²) in [6.45, 7) is -0.114. The first-order chi connectivity index (χ1) is 15.6. The zero-order chi connectivity index (χ0) is 22.2. The summed E-state index contributed by atoms with van der Waals surface area (Å²) in [6.07, 6.45) is 2.09. The summed E-state index contributed by atoms with van der Waals surface area (Å²) < 4.78 is 13.9. The van der Waals surface area contributed by atoms with Crippen molar-refractivity contribution in [2.45, 2.75) is 19.0 Å². The van der Waals surface area contributed by atoms with Crippen molar-refractivity contribution in [2.75, 3.05) is 7.11 Å². The number of nitrogens with zero attached hydrogens (tertiary/aromatic N) is 4. The molecule has 0 fully saturated rings. The minimum Gasteiger partial charge on any atom is -0.497 e. The lowest BCUT2D eigenvalue weighted by Crippen LogP contribution is -2.34.